The quantitative estimate of drug-likeness (QED) is 0.586. The third kappa shape index (κ3) is 0.621. The molecule has 0 saturated carbocycles. The Bertz CT molecular complexity index is 355. The molecule has 0 unspecified atom stereocenters. The van der Waals surface area contributed by atoms with E-state index in [1.165, 1.54) is 6.20 Å². The number of nitrogens with one attached hydrogen (secondary N) is 1. The number of H-pyrrole nitrogens is 1. The van der Waals surface area contributed by atoms with Crippen LogP contribution in [-0.2, 0) is 5.11 Å². The number of fused-ring (bicyclic) bond motifs is 1. The van der Waals surface area contributed by atoms with Gasteiger partial charge in [0.25, 0.3) is 0 Å². The SMILES string of the molecule is [O]c1ncc2cc[nH]c2n1. The molecule has 0 aliphatic heterocycles. The van der Waals surface area contributed by atoms with Gasteiger partial charge in [-0.1, -0.05) is 0 Å². The van der Waals surface area contributed by atoms with Crippen molar-refractivity contribution in [1.29, 1.82) is 0 Å². The molecule has 0 saturated heterocycles. The fraction of sp³-hybridized carbons (Fsp3) is 0. The van der Waals surface area contributed by atoms with Gasteiger partial charge in [-0.3, -0.25) is 0 Å². The zero-order chi connectivity index (χ0) is 6.97. The van der Waals surface area contributed by atoms with Gasteiger partial charge in [0, 0.05) is 17.8 Å². The predicted octanol–water partition coefficient (Wildman–Crippen LogP) is 1.10. The van der Waals surface area contributed by atoms with Gasteiger partial charge in [0.2, 0.25) is 0 Å². The number of aromatic amines is 1. The van der Waals surface area contributed by atoms with Gasteiger partial charge in [0.05, 0.1) is 0 Å². The van der Waals surface area contributed by atoms with Crippen molar-refractivity contribution in [3.8, 4) is 6.01 Å². The van der Waals surface area contributed by atoms with Crippen LogP contribution in [0.2, 0.25) is 0 Å². The molecule has 0 amide bonds. The molecule has 2 rings (SSSR count). The van der Waals surface area contributed by atoms with E-state index >= 15 is 0 Å². The molecular weight excluding hydrogens is 130 g/mol. The molecule has 1 N–H and O–H groups in total. The molecule has 0 spiro atoms. The average molecular weight is 134 g/mol. The largest absolute Gasteiger partial charge is 0.369 e. The van der Waals surface area contributed by atoms with E-state index in [0.29, 0.717) is 5.65 Å². The Morgan fingerprint density at radius 3 is 3.30 bits per heavy atom. The Morgan fingerprint density at radius 1 is 1.50 bits per heavy atom. The Kier molecular flexibility index (Phi) is 0.887. The van der Waals surface area contributed by atoms with Gasteiger partial charge in [0.15, 0.2) is 0 Å². The van der Waals surface area contributed by atoms with Crippen LogP contribution in [0.1, 0.15) is 0 Å². The molecule has 0 bridgehead atoms. The zero-order valence-corrected chi connectivity index (χ0v) is 5.03. The Labute approximate surface area is 56.6 Å². The third-order valence-corrected chi connectivity index (χ3v) is 1.28. The van der Waals surface area contributed by atoms with Gasteiger partial charge < -0.3 is 4.98 Å². The van der Waals surface area contributed by atoms with Crippen molar-refractivity contribution in [1.82, 2.24) is 15.0 Å². The van der Waals surface area contributed by atoms with E-state index in [-0.39, 0.29) is 0 Å². The van der Waals surface area contributed by atoms with E-state index in [2.05, 4.69) is 15.0 Å². The van der Waals surface area contributed by atoms with Crippen molar-refractivity contribution >= 4 is 11.0 Å². The minimum atomic E-state index is -0.449. The van der Waals surface area contributed by atoms with Gasteiger partial charge in [-0.2, -0.15) is 9.97 Å². The van der Waals surface area contributed by atoms with Crippen LogP contribution >= 0.6 is 0 Å². The summed E-state index contributed by atoms with van der Waals surface area (Å²) in [7, 11) is 0. The van der Waals surface area contributed by atoms with E-state index in [4.69, 9.17) is 0 Å². The first-order valence-corrected chi connectivity index (χ1v) is 2.83. The highest BCUT2D eigenvalue weighted by molar-refractivity contribution is 5.74. The van der Waals surface area contributed by atoms with Crippen molar-refractivity contribution in [3.63, 3.8) is 0 Å². The maximum atomic E-state index is 10.5. The number of hydrogen-bond donors (Lipinski definition) is 1. The third-order valence-electron chi connectivity index (χ3n) is 1.28. The maximum absolute atomic E-state index is 10.5. The van der Waals surface area contributed by atoms with Crippen molar-refractivity contribution in [3.05, 3.63) is 18.5 Å². The average Bonchev–Trinajstić information content (AvgIpc) is 2.33. The lowest BCUT2D eigenvalue weighted by Gasteiger charge is -1.84. The molecule has 2 aromatic rings. The summed E-state index contributed by atoms with van der Waals surface area (Å²) in [5.41, 5.74) is 0.597. The Morgan fingerprint density at radius 2 is 2.40 bits per heavy atom. The van der Waals surface area contributed by atoms with Crippen LogP contribution in [-0.4, -0.2) is 15.0 Å². The van der Waals surface area contributed by atoms with Crippen molar-refractivity contribution in [2.24, 2.45) is 0 Å². The highest BCUT2D eigenvalue weighted by Gasteiger charge is 1.97. The van der Waals surface area contributed by atoms with Crippen molar-refractivity contribution in [2.45, 2.75) is 0 Å². The molecule has 0 aliphatic rings. The molecule has 0 aromatic carbocycles. The highest BCUT2D eigenvalue weighted by atomic mass is 16.3. The van der Waals surface area contributed by atoms with Gasteiger partial charge in [-0.05, 0) is 6.07 Å². The normalized spacial score (nSPS) is 10.4. The Hall–Kier alpha value is -1.58. The zero-order valence-electron chi connectivity index (χ0n) is 5.03. The molecule has 0 fully saturated rings. The van der Waals surface area contributed by atoms with Gasteiger partial charge >= 0.3 is 6.01 Å². The monoisotopic (exact) mass is 134 g/mol. The molecule has 49 valence electrons. The topological polar surface area (TPSA) is 61.5 Å². The van der Waals surface area contributed by atoms with Gasteiger partial charge in [0.1, 0.15) is 5.65 Å². The molecule has 1 radical (unpaired) electrons. The first-order chi connectivity index (χ1) is 4.86. The van der Waals surface area contributed by atoms with E-state index in [1.54, 1.807) is 6.20 Å². The Balaban J connectivity index is 2.86. The molecular formula is C6H4N3O. The second-order valence-electron chi connectivity index (χ2n) is 1.93. The second-order valence-corrected chi connectivity index (χ2v) is 1.93. The van der Waals surface area contributed by atoms with Crippen LogP contribution in [0.25, 0.3) is 11.0 Å². The van der Waals surface area contributed by atoms with Crippen LogP contribution in [0, 0.1) is 0 Å². The minimum Gasteiger partial charge on any atom is -0.346 e. The smallest absolute Gasteiger partial charge is 0.346 e. The first kappa shape index (κ1) is 5.22. The maximum Gasteiger partial charge on any atom is 0.369 e. The summed E-state index contributed by atoms with van der Waals surface area (Å²) in [5.74, 6) is 0. The summed E-state index contributed by atoms with van der Waals surface area (Å²) < 4.78 is 0. The predicted molar refractivity (Wildman–Crippen MR) is 34.0 cm³/mol. The van der Waals surface area contributed by atoms with Crippen LogP contribution in [0.5, 0.6) is 6.01 Å². The highest BCUT2D eigenvalue weighted by Crippen LogP contribution is 2.09. The lowest BCUT2D eigenvalue weighted by molar-refractivity contribution is 0.321. The number of nitrogens with zero attached hydrogens (tertiary/aromatic N) is 2. The summed E-state index contributed by atoms with van der Waals surface area (Å²) in [4.78, 5) is 9.92. The summed E-state index contributed by atoms with van der Waals surface area (Å²) in [6.07, 6.45) is 3.22. The number of hydrogen-bond acceptors (Lipinski definition) is 2. The summed E-state index contributed by atoms with van der Waals surface area (Å²) in [5, 5.41) is 11.4. The first-order valence-electron chi connectivity index (χ1n) is 2.83. The standard InChI is InChI=1S/C6H4N3O/c10-6-8-3-4-1-2-7-5(4)9-6/h1-3H,(H,7,8,9). The fourth-order valence-electron chi connectivity index (χ4n) is 0.823. The molecule has 10 heavy (non-hydrogen) atoms. The summed E-state index contributed by atoms with van der Waals surface area (Å²) in [6.45, 7) is 0. The second kappa shape index (κ2) is 1.70. The fourth-order valence-corrected chi connectivity index (χ4v) is 0.823. The molecule has 2 heterocycles. The molecule has 4 nitrogen and oxygen atoms in total. The van der Waals surface area contributed by atoms with E-state index < -0.39 is 6.01 Å². The molecule has 4 heteroatoms. The summed E-state index contributed by atoms with van der Waals surface area (Å²) in [6, 6.07) is 1.37. The van der Waals surface area contributed by atoms with Crippen molar-refractivity contribution < 1.29 is 5.11 Å². The van der Waals surface area contributed by atoms with Crippen molar-refractivity contribution in [2.75, 3.05) is 0 Å². The number of aromatic nitrogens is 3. The van der Waals surface area contributed by atoms with Crippen LogP contribution < -0.4 is 0 Å². The van der Waals surface area contributed by atoms with Gasteiger partial charge in [-0.15, -0.1) is 0 Å². The minimum absolute atomic E-state index is 0.449. The van der Waals surface area contributed by atoms with Crippen LogP contribution in [0.3, 0.4) is 0 Å². The van der Waals surface area contributed by atoms with E-state index in [1.807, 2.05) is 6.07 Å². The van der Waals surface area contributed by atoms with Crippen LogP contribution in [0.4, 0.5) is 0 Å². The van der Waals surface area contributed by atoms with E-state index in [9.17, 15) is 5.11 Å². The molecule has 0 atom stereocenters. The number of rotatable bonds is 0. The van der Waals surface area contributed by atoms with Gasteiger partial charge in [-0.25, -0.2) is 5.11 Å². The lowest BCUT2D eigenvalue weighted by atomic mass is 10.4. The summed E-state index contributed by atoms with van der Waals surface area (Å²) >= 11 is 0. The molecule has 0 aliphatic carbocycles. The van der Waals surface area contributed by atoms with Crippen LogP contribution in [0.15, 0.2) is 18.5 Å². The molecule has 2 aromatic heterocycles. The van der Waals surface area contributed by atoms with E-state index in [0.717, 1.165) is 5.39 Å². The lowest BCUT2D eigenvalue weighted by Crippen LogP contribution is -1.78.